The SMILES string of the molecule is C.CCC(c1ccc(F)cc1)c1cnc(N2CCCCC2)nc1.CC[C@@H](c1ccc(F)cc1)c1cnc(N2CCCCC2)nc1.CC[C@H](c1ccc(F)cc1)c1cnc(N2CCCCC2)nc1.CC[C@H](c1ccc(F)cc1)c1cnc(N2CCCCC2)nc1.CC[C@H](c1ccc(F)cc1)c1cnc(N2CCN(c3ncnn4cc(-c5cnn(C)c5)cc34)CC2)nc1. The molecule has 0 aliphatic carbocycles. The van der Waals surface area contributed by atoms with Gasteiger partial charge in [0.25, 0.3) is 0 Å². The van der Waals surface area contributed by atoms with Crippen molar-refractivity contribution in [2.75, 3.05) is 108 Å². The molecule has 5 aliphatic rings. The van der Waals surface area contributed by atoms with Crippen LogP contribution in [0.2, 0.25) is 0 Å². The Morgan fingerprint density at radius 3 is 0.730 bits per heavy atom. The number of nitrogens with zero attached hydrogens (tertiary/aromatic N) is 21. The lowest BCUT2D eigenvalue weighted by molar-refractivity contribution is 0.567. The van der Waals surface area contributed by atoms with E-state index >= 15 is 0 Å². The number of hydrogen-bond acceptors (Lipinski definition) is 19. The largest absolute Gasteiger partial charge is 0.351 e. The Morgan fingerprint density at radius 2 is 0.500 bits per heavy atom. The summed E-state index contributed by atoms with van der Waals surface area (Å²) in [5.41, 5.74) is 14.0. The summed E-state index contributed by atoms with van der Waals surface area (Å²) in [5.74, 6) is 4.97. The second-order valence-electron chi connectivity index (χ2n) is 32.9. The van der Waals surface area contributed by atoms with Crippen molar-refractivity contribution in [3.63, 3.8) is 0 Å². The lowest BCUT2D eigenvalue weighted by Crippen LogP contribution is -2.47. The van der Waals surface area contributed by atoms with Gasteiger partial charge in [-0.1, -0.05) is 103 Å². The van der Waals surface area contributed by atoms with Gasteiger partial charge in [-0.25, -0.2) is 81.3 Å². The molecular formula is C100H120F5N21. The van der Waals surface area contributed by atoms with Crippen molar-refractivity contribution in [3.8, 4) is 11.1 Å². The van der Waals surface area contributed by atoms with E-state index in [4.69, 9.17) is 0 Å². The summed E-state index contributed by atoms with van der Waals surface area (Å²) in [5, 5.41) is 8.69. The first-order chi connectivity index (χ1) is 61.2. The molecule has 5 aromatic carbocycles. The van der Waals surface area contributed by atoms with Gasteiger partial charge in [0.2, 0.25) is 29.7 Å². The van der Waals surface area contributed by atoms with Crippen LogP contribution in [0.25, 0.3) is 16.6 Å². The van der Waals surface area contributed by atoms with Gasteiger partial charge >= 0.3 is 0 Å². The van der Waals surface area contributed by atoms with Crippen LogP contribution in [0, 0.1) is 29.1 Å². The maximum absolute atomic E-state index is 13.4. The van der Waals surface area contributed by atoms with Crippen molar-refractivity contribution in [1.82, 2.24) is 74.2 Å². The smallest absolute Gasteiger partial charge is 0.225 e. The van der Waals surface area contributed by atoms with Gasteiger partial charge in [0.05, 0.1) is 6.20 Å². The molecule has 660 valence electrons. The summed E-state index contributed by atoms with van der Waals surface area (Å²) in [6.45, 7) is 22.2. The summed E-state index contributed by atoms with van der Waals surface area (Å²) >= 11 is 0. The summed E-state index contributed by atoms with van der Waals surface area (Å²) < 4.78 is 69.4. The van der Waals surface area contributed by atoms with Crippen LogP contribution in [0.15, 0.2) is 214 Å². The average molecular weight is 1710 g/mol. The number of aryl methyl sites for hydroxylation is 1. The standard InChI is InChI=1S/C27H28FN9.4C18H22FN3.CH4/c1-3-24(19-4-6-23(28)7-5-19)21-13-29-27(30-14-21)36-10-8-35(9-11-36)26-25-12-20(17-37(25)33-18-31-26)22-15-32-34(2)16-22;4*1-2-17(14-6-8-16(19)9-7-14)15-12-20-18(21-13-15)22-10-4-3-5-11-22;/h4-7,12-18,24H,3,8-11H2,1-2H3;4*6-9,12-13,17H,2-5,10-11H2,1H3;1H4/t24-;3*17-;;/m1110../s1. The fourth-order valence-corrected chi connectivity index (χ4v) is 17.5. The highest BCUT2D eigenvalue weighted by molar-refractivity contribution is 5.77. The van der Waals surface area contributed by atoms with Crippen LogP contribution in [-0.4, -0.2) is 153 Å². The van der Waals surface area contributed by atoms with Crippen LogP contribution in [0.3, 0.4) is 0 Å². The van der Waals surface area contributed by atoms with Gasteiger partial charge in [-0.05, 0) is 232 Å². The highest BCUT2D eigenvalue weighted by Gasteiger charge is 2.27. The molecule has 1 unspecified atom stereocenters. The zero-order valence-electron chi connectivity index (χ0n) is 72.9. The minimum Gasteiger partial charge on any atom is -0.351 e. The second-order valence-corrected chi connectivity index (χ2v) is 32.9. The van der Waals surface area contributed by atoms with Crippen LogP contribution < -0.4 is 29.4 Å². The van der Waals surface area contributed by atoms with Crippen molar-refractivity contribution in [3.05, 3.63) is 299 Å². The molecule has 0 bridgehead atoms. The fraction of sp³-hybridized carbons (Fsp3) is 0.410. The Labute approximate surface area is 739 Å². The van der Waals surface area contributed by atoms with E-state index in [1.165, 1.54) is 138 Å². The Balaban J connectivity index is 0.000000138. The van der Waals surface area contributed by atoms with Crippen molar-refractivity contribution in [2.45, 2.75) is 181 Å². The minimum atomic E-state index is -0.224. The van der Waals surface area contributed by atoms with E-state index in [1.807, 2.05) is 153 Å². The lowest BCUT2D eigenvalue weighted by atomic mass is 9.91. The summed E-state index contributed by atoms with van der Waals surface area (Å²) in [4.78, 5) is 63.9. The first-order valence-electron chi connectivity index (χ1n) is 44.9. The molecule has 18 rings (SSSR count). The number of halogens is 5. The summed E-state index contributed by atoms with van der Waals surface area (Å²) in [7, 11) is 1.91. The van der Waals surface area contributed by atoms with Gasteiger partial charge in [0.15, 0.2) is 5.82 Å². The quantitative estimate of drug-likeness (QED) is 0.0580. The topological polar surface area (TPSA) is 196 Å². The van der Waals surface area contributed by atoms with E-state index in [0.717, 1.165) is 218 Å². The minimum absolute atomic E-state index is 0. The average Bonchev–Trinajstić information content (AvgIpc) is 1.63. The molecule has 126 heavy (non-hydrogen) atoms. The number of fused-ring (bicyclic) bond motifs is 1. The van der Waals surface area contributed by atoms with Crippen molar-refractivity contribution in [2.24, 2.45) is 7.05 Å². The Bertz CT molecular complexity index is 4930. The predicted octanol–water partition coefficient (Wildman–Crippen LogP) is 21.2. The molecule has 5 atom stereocenters. The fourth-order valence-electron chi connectivity index (χ4n) is 17.5. The Morgan fingerprint density at radius 1 is 0.262 bits per heavy atom. The molecule has 0 radical (unpaired) electrons. The zero-order chi connectivity index (χ0) is 86.8. The molecule has 21 nitrogen and oxygen atoms in total. The third-order valence-electron chi connectivity index (χ3n) is 24.5. The van der Waals surface area contributed by atoms with Gasteiger partial charge in [0.1, 0.15) is 40.9 Å². The van der Waals surface area contributed by atoms with E-state index in [0.29, 0.717) is 0 Å². The van der Waals surface area contributed by atoms with E-state index in [2.05, 4.69) is 135 Å². The molecule has 26 heteroatoms. The van der Waals surface area contributed by atoms with Gasteiger partial charge in [-0.2, -0.15) is 10.2 Å². The van der Waals surface area contributed by atoms with Crippen LogP contribution in [0.1, 0.15) is 236 Å². The van der Waals surface area contributed by atoms with Crippen LogP contribution in [0.5, 0.6) is 0 Å². The first-order valence-corrected chi connectivity index (χ1v) is 44.9. The third-order valence-corrected chi connectivity index (χ3v) is 24.5. The van der Waals surface area contributed by atoms with Gasteiger partial charge in [0, 0.05) is 201 Å². The molecule has 5 saturated heterocycles. The van der Waals surface area contributed by atoms with Gasteiger partial charge in [-0.15, -0.1) is 0 Å². The van der Waals surface area contributed by atoms with Crippen LogP contribution >= 0.6 is 0 Å². The zero-order valence-corrected chi connectivity index (χ0v) is 72.9. The van der Waals surface area contributed by atoms with E-state index < -0.39 is 0 Å². The van der Waals surface area contributed by atoms with Crippen LogP contribution in [0.4, 0.5) is 57.5 Å². The normalized spacial score (nSPS) is 15.9. The van der Waals surface area contributed by atoms with Crippen LogP contribution in [-0.2, 0) is 7.05 Å². The first kappa shape index (κ1) is 91.5. The van der Waals surface area contributed by atoms with Crippen molar-refractivity contribution >= 4 is 41.1 Å². The molecular weight excluding hydrogens is 1590 g/mol. The molecule has 13 heterocycles. The number of rotatable bonds is 22. The number of piperazine rings is 1. The highest BCUT2D eigenvalue weighted by atomic mass is 19.1. The number of aromatic nitrogens is 15. The number of benzene rings is 5. The Hall–Kier alpha value is -12.2. The highest BCUT2D eigenvalue weighted by Crippen LogP contribution is 2.36. The molecule has 0 spiro atoms. The monoisotopic (exact) mass is 1710 g/mol. The maximum Gasteiger partial charge on any atom is 0.225 e. The third kappa shape index (κ3) is 24.1. The summed E-state index contributed by atoms with van der Waals surface area (Å²) in [6.07, 6.45) is 46.3. The lowest BCUT2D eigenvalue weighted by Gasteiger charge is -2.35. The van der Waals surface area contributed by atoms with Crippen molar-refractivity contribution < 1.29 is 22.0 Å². The number of hydrogen-bond donors (Lipinski definition) is 0. The van der Waals surface area contributed by atoms with E-state index in [9.17, 15) is 22.0 Å². The molecule has 8 aromatic heterocycles. The number of piperidine rings is 4. The second kappa shape index (κ2) is 45.6. The molecule has 13 aromatic rings. The molecule has 0 saturated carbocycles. The summed E-state index contributed by atoms with van der Waals surface area (Å²) in [6, 6.07) is 35.7. The number of anilines is 6. The molecule has 0 N–H and O–H groups in total. The molecule has 5 fully saturated rings. The van der Waals surface area contributed by atoms with Crippen molar-refractivity contribution in [1.29, 1.82) is 0 Å². The molecule has 0 amide bonds. The molecule has 5 aliphatic heterocycles. The predicted molar refractivity (Wildman–Crippen MR) is 493 cm³/mol. The van der Waals surface area contributed by atoms with E-state index in [1.54, 1.807) is 11.0 Å². The van der Waals surface area contributed by atoms with Gasteiger partial charge < -0.3 is 29.4 Å². The van der Waals surface area contributed by atoms with Gasteiger partial charge in [-0.3, -0.25) is 4.68 Å². The maximum atomic E-state index is 13.4. The Kier molecular flexibility index (Phi) is 33.1. The van der Waals surface area contributed by atoms with E-state index in [-0.39, 0.29) is 66.1 Å².